The van der Waals surface area contributed by atoms with Crippen molar-refractivity contribution in [3.05, 3.63) is 23.8 Å². The van der Waals surface area contributed by atoms with Crippen LogP contribution in [-0.4, -0.2) is 45.8 Å². The van der Waals surface area contributed by atoms with Crippen LogP contribution in [0.15, 0.2) is 23.1 Å². The first kappa shape index (κ1) is 18.7. The van der Waals surface area contributed by atoms with Crippen LogP contribution in [0, 0.1) is 0 Å². The molecule has 0 bridgehead atoms. The number of carboxylic acid groups (broad SMARTS) is 1. The molecule has 24 heavy (non-hydrogen) atoms. The Balaban J connectivity index is 2.25. The molecular weight excluding hydrogens is 332 g/mol. The Labute approximate surface area is 142 Å². The van der Waals surface area contributed by atoms with E-state index in [0.717, 1.165) is 25.7 Å². The summed E-state index contributed by atoms with van der Waals surface area (Å²) in [6.45, 7) is 1.09. The molecule has 1 aliphatic rings. The Morgan fingerprint density at radius 3 is 2.67 bits per heavy atom. The molecule has 2 rings (SSSR count). The molecule has 0 radical (unpaired) electrons. The summed E-state index contributed by atoms with van der Waals surface area (Å²) >= 11 is 0. The van der Waals surface area contributed by atoms with Crippen LogP contribution in [0.2, 0.25) is 0 Å². The molecule has 0 aliphatic heterocycles. The molecule has 0 saturated heterocycles. The second-order valence-electron chi connectivity index (χ2n) is 5.89. The molecule has 1 aromatic rings. The minimum absolute atomic E-state index is 0.0216. The van der Waals surface area contributed by atoms with E-state index >= 15 is 0 Å². The molecule has 7 nitrogen and oxygen atoms in total. The maximum Gasteiger partial charge on any atom is 0.335 e. The van der Waals surface area contributed by atoms with Gasteiger partial charge in [0.15, 0.2) is 0 Å². The van der Waals surface area contributed by atoms with E-state index in [-0.39, 0.29) is 16.5 Å². The first-order chi connectivity index (χ1) is 11.4. The molecular formula is C16H24N2O5S. The summed E-state index contributed by atoms with van der Waals surface area (Å²) in [5.41, 5.74) is 0.353. The molecule has 0 unspecified atom stereocenters. The third-order valence-corrected chi connectivity index (χ3v) is 5.60. The van der Waals surface area contributed by atoms with Crippen LogP contribution in [0.25, 0.3) is 0 Å². The lowest BCUT2D eigenvalue weighted by atomic mass is 10.2. The van der Waals surface area contributed by atoms with Crippen molar-refractivity contribution in [2.45, 2.75) is 43.0 Å². The van der Waals surface area contributed by atoms with Crippen LogP contribution >= 0.6 is 0 Å². The first-order valence-electron chi connectivity index (χ1n) is 8.06. The second kappa shape index (κ2) is 8.46. The lowest BCUT2D eigenvalue weighted by Gasteiger charge is -2.17. The van der Waals surface area contributed by atoms with Crippen molar-refractivity contribution in [3.8, 4) is 0 Å². The van der Waals surface area contributed by atoms with Gasteiger partial charge in [0.25, 0.3) is 0 Å². The quantitative estimate of drug-likeness (QED) is 0.585. The number of methoxy groups -OCH3 is 1. The first-order valence-corrected chi connectivity index (χ1v) is 9.55. The lowest BCUT2D eigenvalue weighted by Crippen LogP contribution is -2.33. The maximum atomic E-state index is 12.7. The summed E-state index contributed by atoms with van der Waals surface area (Å²) in [5, 5.41) is 12.2. The van der Waals surface area contributed by atoms with Crippen LogP contribution in [-0.2, 0) is 14.8 Å². The molecule has 8 heteroatoms. The van der Waals surface area contributed by atoms with Gasteiger partial charge < -0.3 is 15.2 Å². The van der Waals surface area contributed by atoms with Gasteiger partial charge in [-0.2, -0.15) is 0 Å². The molecule has 3 N–H and O–H groups in total. The fraction of sp³-hybridized carbons (Fsp3) is 0.562. The normalized spacial score (nSPS) is 15.5. The van der Waals surface area contributed by atoms with E-state index in [0.29, 0.717) is 25.3 Å². The third kappa shape index (κ3) is 4.93. The molecule has 134 valence electrons. The zero-order valence-corrected chi connectivity index (χ0v) is 14.6. The highest BCUT2D eigenvalue weighted by atomic mass is 32.2. The van der Waals surface area contributed by atoms with Crippen molar-refractivity contribution in [3.63, 3.8) is 0 Å². The molecule has 0 amide bonds. The smallest absolute Gasteiger partial charge is 0.335 e. The average molecular weight is 356 g/mol. The van der Waals surface area contributed by atoms with E-state index in [2.05, 4.69) is 10.0 Å². The number of ether oxygens (including phenoxy) is 1. The summed E-state index contributed by atoms with van der Waals surface area (Å²) in [7, 11) is -2.18. The number of sulfonamides is 1. The average Bonchev–Trinajstić information content (AvgIpc) is 3.03. The van der Waals surface area contributed by atoms with Gasteiger partial charge in [-0.15, -0.1) is 0 Å². The predicted octanol–water partition coefficient (Wildman–Crippen LogP) is 2.05. The van der Waals surface area contributed by atoms with Gasteiger partial charge in [-0.25, -0.2) is 17.9 Å². The number of carbonyl (C=O) groups is 1. The number of aromatic carboxylic acids is 1. The van der Waals surface area contributed by atoms with E-state index in [1.165, 1.54) is 18.2 Å². The SMILES string of the molecule is COCCCNc1ccc(C(=O)O)cc1S(=O)(=O)NC1CCCC1. The van der Waals surface area contributed by atoms with Gasteiger partial charge in [-0.05, 0) is 37.5 Å². The van der Waals surface area contributed by atoms with Crippen LogP contribution in [0.3, 0.4) is 0 Å². The minimum atomic E-state index is -3.78. The van der Waals surface area contributed by atoms with Crippen LogP contribution < -0.4 is 10.0 Å². The molecule has 0 aromatic heterocycles. The summed E-state index contributed by atoms with van der Waals surface area (Å²) in [4.78, 5) is 11.2. The molecule has 1 aliphatic carbocycles. The minimum Gasteiger partial charge on any atom is -0.478 e. The second-order valence-corrected chi connectivity index (χ2v) is 7.57. The zero-order chi connectivity index (χ0) is 17.6. The third-order valence-electron chi connectivity index (χ3n) is 4.04. The Hall–Kier alpha value is -1.64. The molecule has 1 saturated carbocycles. The van der Waals surface area contributed by atoms with E-state index < -0.39 is 16.0 Å². The summed E-state index contributed by atoms with van der Waals surface area (Å²) in [6.07, 6.45) is 4.35. The Morgan fingerprint density at radius 2 is 2.04 bits per heavy atom. The highest BCUT2D eigenvalue weighted by Gasteiger charge is 2.26. The molecule has 0 spiro atoms. The van der Waals surface area contributed by atoms with Gasteiger partial charge in [-0.1, -0.05) is 12.8 Å². The molecule has 1 aromatic carbocycles. The molecule has 1 fully saturated rings. The fourth-order valence-corrected chi connectivity index (χ4v) is 4.30. The van der Waals surface area contributed by atoms with Gasteiger partial charge in [0.1, 0.15) is 4.90 Å². The van der Waals surface area contributed by atoms with Gasteiger partial charge in [0, 0.05) is 26.3 Å². The number of nitrogens with one attached hydrogen (secondary N) is 2. The largest absolute Gasteiger partial charge is 0.478 e. The van der Waals surface area contributed by atoms with Gasteiger partial charge in [0.05, 0.1) is 11.3 Å². The number of benzene rings is 1. The van der Waals surface area contributed by atoms with Crippen molar-refractivity contribution in [1.82, 2.24) is 4.72 Å². The van der Waals surface area contributed by atoms with Crippen LogP contribution in [0.5, 0.6) is 0 Å². The summed E-state index contributed by atoms with van der Waals surface area (Å²) in [5.74, 6) is -1.15. The Morgan fingerprint density at radius 1 is 1.33 bits per heavy atom. The fourth-order valence-electron chi connectivity index (χ4n) is 2.79. The highest BCUT2D eigenvalue weighted by Crippen LogP contribution is 2.26. The standard InChI is InChI=1S/C16H24N2O5S/c1-23-10-4-9-17-14-8-7-12(16(19)20)11-15(14)24(21,22)18-13-5-2-3-6-13/h7-8,11,13,17-18H,2-6,9-10H2,1H3,(H,19,20). The Kier molecular flexibility index (Phi) is 6.59. The van der Waals surface area contributed by atoms with E-state index in [4.69, 9.17) is 9.84 Å². The predicted molar refractivity (Wildman–Crippen MR) is 91.0 cm³/mol. The van der Waals surface area contributed by atoms with E-state index in [1.807, 2.05) is 0 Å². The van der Waals surface area contributed by atoms with E-state index in [1.54, 1.807) is 7.11 Å². The molecule has 0 atom stereocenters. The van der Waals surface area contributed by atoms with Gasteiger partial charge in [0.2, 0.25) is 10.0 Å². The number of rotatable bonds is 9. The number of carboxylic acids is 1. The van der Waals surface area contributed by atoms with E-state index in [9.17, 15) is 13.2 Å². The van der Waals surface area contributed by atoms with Crippen molar-refractivity contribution in [2.24, 2.45) is 0 Å². The number of hydrogen-bond acceptors (Lipinski definition) is 5. The van der Waals surface area contributed by atoms with Crippen LogP contribution in [0.4, 0.5) is 5.69 Å². The van der Waals surface area contributed by atoms with Crippen molar-refractivity contribution < 1.29 is 23.1 Å². The summed E-state index contributed by atoms with van der Waals surface area (Å²) < 4.78 is 33.1. The van der Waals surface area contributed by atoms with Crippen LogP contribution in [0.1, 0.15) is 42.5 Å². The molecule has 0 heterocycles. The summed E-state index contributed by atoms with van der Waals surface area (Å²) in [6, 6.07) is 4.03. The maximum absolute atomic E-state index is 12.7. The van der Waals surface area contributed by atoms with Gasteiger partial charge in [-0.3, -0.25) is 0 Å². The zero-order valence-electron chi connectivity index (χ0n) is 13.7. The van der Waals surface area contributed by atoms with Crippen molar-refractivity contribution >= 4 is 21.7 Å². The monoisotopic (exact) mass is 356 g/mol. The van der Waals surface area contributed by atoms with Gasteiger partial charge >= 0.3 is 5.97 Å². The number of hydrogen-bond donors (Lipinski definition) is 3. The highest BCUT2D eigenvalue weighted by molar-refractivity contribution is 7.89. The number of anilines is 1. The van der Waals surface area contributed by atoms with Crippen molar-refractivity contribution in [1.29, 1.82) is 0 Å². The Bertz CT molecular complexity index is 669. The van der Waals surface area contributed by atoms with Crippen molar-refractivity contribution in [2.75, 3.05) is 25.6 Å². The topological polar surface area (TPSA) is 105 Å². The lowest BCUT2D eigenvalue weighted by molar-refractivity contribution is 0.0696.